The van der Waals surface area contributed by atoms with Crippen LogP contribution in [0.2, 0.25) is 0 Å². The predicted octanol–water partition coefficient (Wildman–Crippen LogP) is 2.04. The molecule has 7 nitrogen and oxygen atoms in total. The summed E-state index contributed by atoms with van der Waals surface area (Å²) in [6.07, 6.45) is 0. The van der Waals surface area contributed by atoms with Gasteiger partial charge in [-0.2, -0.15) is 4.31 Å². The van der Waals surface area contributed by atoms with Gasteiger partial charge in [-0.15, -0.1) is 0 Å². The SMILES string of the molecule is COc1ccc(S(=O)(=O)N2CCN(c3ccc(F)cc3)CC2)cc1C(=O)O. The maximum Gasteiger partial charge on any atom is 0.339 e. The topological polar surface area (TPSA) is 87.2 Å². The Morgan fingerprint density at radius 2 is 1.70 bits per heavy atom. The van der Waals surface area contributed by atoms with E-state index in [1.165, 1.54) is 35.7 Å². The van der Waals surface area contributed by atoms with Gasteiger partial charge in [-0.05, 0) is 42.5 Å². The number of hydrogen-bond acceptors (Lipinski definition) is 5. The third kappa shape index (κ3) is 3.88. The van der Waals surface area contributed by atoms with Gasteiger partial charge in [0.2, 0.25) is 10.0 Å². The normalized spacial score (nSPS) is 15.6. The molecule has 0 aromatic heterocycles. The molecule has 3 rings (SSSR count). The summed E-state index contributed by atoms with van der Waals surface area (Å²) in [5, 5.41) is 9.26. The van der Waals surface area contributed by atoms with E-state index in [4.69, 9.17) is 4.74 Å². The van der Waals surface area contributed by atoms with Gasteiger partial charge in [-0.3, -0.25) is 0 Å². The fraction of sp³-hybridized carbons (Fsp3) is 0.278. The maximum atomic E-state index is 13.0. The summed E-state index contributed by atoms with van der Waals surface area (Å²) in [5.74, 6) is -1.48. The summed E-state index contributed by atoms with van der Waals surface area (Å²) in [7, 11) is -2.50. The highest BCUT2D eigenvalue weighted by molar-refractivity contribution is 7.89. The summed E-state index contributed by atoms with van der Waals surface area (Å²) < 4.78 is 45.1. The number of ether oxygens (including phenoxy) is 1. The number of nitrogens with zero attached hydrogens (tertiary/aromatic N) is 2. The summed E-state index contributed by atoms with van der Waals surface area (Å²) >= 11 is 0. The molecule has 1 heterocycles. The third-order valence-corrected chi connectivity index (χ3v) is 6.36. The average Bonchev–Trinajstić information content (AvgIpc) is 2.68. The lowest BCUT2D eigenvalue weighted by Gasteiger charge is -2.35. The second kappa shape index (κ2) is 7.53. The van der Waals surface area contributed by atoms with Crippen molar-refractivity contribution in [3.63, 3.8) is 0 Å². The molecule has 144 valence electrons. The Morgan fingerprint density at radius 1 is 1.07 bits per heavy atom. The Labute approximate surface area is 156 Å². The minimum Gasteiger partial charge on any atom is -0.496 e. The molecule has 0 amide bonds. The second-order valence-corrected chi connectivity index (χ2v) is 7.97. The first kappa shape index (κ1) is 19.1. The molecule has 9 heteroatoms. The van der Waals surface area contributed by atoms with Crippen LogP contribution in [0.1, 0.15) is 10.4 Å². The number of piperazine rings is 1. The van der Waals surface area contributed by atoms with Crippen molar-refractivity contribution < 1.29 is 27.4 Å². The van der Waals surface area contributed by atoms with Crippen molar-refractivity contribution in [3.8, 4) is 5.75 Å². The molecule has 0 aliphatic carbocycles. The minimum absolute atomic E-state index is 0.0871. The summed E-state index contributed by atoms with van der Waals surface area (Å²) in [4.78, 5) is 13.2. The summed E-state index contributed by atoms with van der Waals surface area (Å²) in [6.45, 7) is 1.39. The van der Waals surface area contributed by atoms with Crippen LogP contribution in [0.15, 0.2) is 47.4 Å². The number of anilines is 1. The van der Waals surface area contributed by atoms with Crippen LogP contribution in [0.25, 0.3) is 0 Å². The molecular weight excluding hydrogens is 375 g/mol. The van der Waals surface area contributed by atoms with E-state index in [2.05, 4.69) is 0 Å². The zero-order valence-corrected chi connectivity index (χ0v) is 15.4. The van der Waals surface area contributed by atoms with E-state index in [9.17, 15) is 22.7 Å². The molecule has 0 atom stereocenters. The van der Waals surface area contributed by atoms with Crippen molar-refractivity contribution in [1.29, 1.82) is 0 Å². The van der Waals surface area contributed by atoms with Gasteiger partial charge in [-0.25, -0.2) is 17.6 Å². The predicted molar refractivity (Wildman–Crippen MR) is 97.3 cm³/mol. The van der Waals surface area contributed by atoms with E-state index < -0.39 is 16.0 Å². The number of carboxylic acids is 1. The molecule has 2 aromatic carbocycles. The molecule has 1 aliphatic heterocycles. The fourth-order valence-electron chi connectivity index (χ4n) is 3.00. The van der Waals surface area contributed by atoms with Crippen molar-refractivity contribution in [2.45, 2.75) is 4.90 Å². The third-order valence-electron chi connectivity index (χ3n) is 4.47. The van der Waals surface area contributed by atoms with Crippen molar-refractivity contribution >= 4 is 21.7 Å². The smallest absolute Gasteiger partial charge is 0.339 e. The summed E-state index contributed by atoms with van der Waals surface area (Å²) in [6, 6.07) is 9.83. The number of halogens is 1. The highest BCUT2D eigenvalue weighted by Gasteiger charge is 2.29. The Kier molecular flexibility index (Phi) is 5.33. The molecule has 1 N–H and O–H groups in total. The van der Waals surface area contributed by atoms with Gasteiger partial charge >= 0.3 is 5.97 Å². The zero-order valence-electron chi connectivity index (χ0n) is 14.6. The molecule has 0 radical (unpaired) electrons. The maximum absolute atomic E-state index is 13.0. The van der Waals surface area contributed by atoms with Crippen molar-refractivity contribution in [2.75, 3.05) is 38.2 Å². The van der Waals surface area contributed by atoms with Crippen LogP contribution in [-0.4, -0.2) is 57.1 Å². The molecule has 27 heavy (non-hydrogen) atoms. The van der Waals surface area contributed by atoms with Crippen LogP contribution in [0, 0.1) is 5.82 Å². The Balaban J connectivity index is 1.78. The van der Waals surface area contributed by atoms with Crippen LogP contribution in [0.5, 0.6) is 5.75 Å². The number of aromatic carboxylic acids is 1. The lowest BCUT2D eigenvalue weighted by Crippen LogP contribution is -2.48. The van der Waals surface area contributed by atoms with Gasteiger partial charge < -0.3 is 14.7 Å². The number of hydrogen-bond donors (Lipinski definition) is 1. The molecule has 2 aromatic rings. The van der Waals surface area contributed by atoms with Gasteiger partial charge in [-0.1, -0.05) is 0 Å². The van der Waals surface area contributed by atoms with E-state index in [1.807, 2.05) is 4.90 Å². The van der Waals surface area contributed by atoms with Crippen LogP contribution >= 0.6 is 0 Å². The molecule has 0 bridgehead atoms. The van der Waals surface area contributed by atoms with Crippen molar-refractivity contribution in [3.05, 3.63) is 53.8 Å². The number of benzene rings is 2. The number of carbonyl (C=O) groups is 1. The largest absolute Gasteiger partial charge is 0.496 e. The quantitative estimate of drug-likeness (QED) is 0.835. The van der Waals surface area contributed by atoms with Gasteiger partial charge in [0.1, 0.15) is 17.1 Å². The average molecular weight is 394 g/mol. The highest BCUT2D eigenvalue weighted by atomic mass is 32.2. The van der Waals surface area contributed by atoms with E-state index in [0.29, 0.717) is 13.1 Å². The van der Waals surface area contributed by atoms with Gasteiger partial charge in [0, 0.05) is 31.9 Å². The van der Waals surface area contributed by atoms with Crippen LogP contribution in [0.3, 0.4) is 0 Å². The molecule has 1 fully saturated rings. The van der Waals surface area contributed by atoms with Gasteiger partial charge in [0.05, 0.1) is 12.0 Å². The van der Waals surface area contributed by atoms with E-state index in [1.54, 1.807) is 12.1 Å². The molecule has 1 saturated heterocycles. The monoisotopic (exact) mass is 394 g/mol. The molecular formula is C18H19FN2O5S. The van der Waals surface area contributed by atoms with Crippen LogP contribution in [0.4, 0.5) is 10.1 Å². The number of methoxy groups -OCH3 is 1. The van der Waals surface area contributed by atoms with Crippen molar-refractivity contribution in [2.24, 2.45) is 0 Å². The first-order chi connectivity index (χ1) is 12.8. The van der Waals surface area contributed by atoms with E-state index in [-0.39, 0.29) is 35.1 Å². The van der Waals surface area contributed by atoms with Crippen LogP contribution < -0.4 is 9.64 Å². The van der Waals surface area contributed by atoms with Gasteiger partial charge in [0.25, 0.3) is 0 Å². The van der Waals surface area contributed by atoms with E-state index >= 15 is 0 Å². The van der Waals surface area contributed by atoms with E-state index in [0.717, 1.165) is 11.8 Å². The second-order valence-electron chi connectivity index (χ2n) is 6.03. The standard InChI is InChI=1S/C18H19FN2O5S/c1-26-17-7-6-15(12-16(17)18(22)23)27(24,25)21-10-8-20(9-11-21)14-4-2-13(19)3-5-14/h2-7,12H,8-11H2,1H3,(H,22,23). The molecule has 0 unspecified atom stereocenters. The Hall–Kier alpha value is -2.65. The Morgan fingerprint density at radius 3 is 2.26 bits per heavy atom. The summed E-state index contributed by atoms with van der Waals surface area (Å²) in [5.41, 5.74) is 0.620. The molecule has 0 spiro atoms. The lowest BCUT2D eigenvalue weighted by atomic mass is 10.2. The Bertz CT molecular complexity index is 939. The number of carboxylic acid groups (broad SMARTS) is 1. The first-order valence-electron chi connectivity index (χ1n) is 8.25. The molecule has 0 saturated carbocycles. The number of rotatable bonds is 5. The van der Waals surface area contributed by atoms with Gasteiger partial charge in [0.15, 0.2) is 0 Å². The first-order valence-corrected chi connectivity index (χ1v) is 9.69. The fourth-order valence-corrected chi connectivity index (χ4v) is 4.45. The zero-order chi connectivity index (χ0) is 19.6. The van der Waals surface area contributed by atoms with Crippen molar-refractivity contribution in [1.82, 2.24) is 4.31 Å². The number of sulfonamides is 1. The minimum atomic E-state index is -3.83. The highest BCUT2D eigenvalue weighted by Crippen LogP contribution is 2.26. The lowest BCUT2D eigenvalue weighted by molar-refractivity contribution is 0.0693. The van der Waals surface area contributed by atoms with Crippen LogP contribution in [-0.2, 0) is 10.0 Å². The molecule has 1 aliphatic rings.